The van der Waals surface area contributed by atoms with Crippen LogP contribution in [0.5, 0.6) is 11.5 Å². The summed E-state index contributed by atoms with van der Waals surface area (Å²) in [5.74, 6) is 0.447. The average Bonchev–Trinajstić information content (AvgIpc) is 3.07. The Kier molecular flexibility index (Phi) is 12.6. The van der Waals surface area contributed by atoms with Gasteiger partial charge in [-0.05, 0) is 87.2 Å². The monoisotopic (exact) mass is 608 g/mol. The number of hydrogen-bond donors (Lipinski definition) is 1. The zero-order valence-corrected chi connectivity index (χ0v) is 25.9. The number of ether oxygens (including phenoxy) is 3. The zero-order valence-electron chi connectivity index (χ0n) is 25.9. The normalized spacial score (nSPS) is 10.5. The third kappa shape index (κ3) is 9.69. The van der Waals surface area contributed by atoms with Crippen molar-refractivity contribution in [3.8, 4) is 11.5 Å². The Labute approximate surface area is 264 Å². The molecule has 8 nitrogen and oxygen atoms in total. The van der Waals surface area contributed by atoms with Crippen LogP contribution in [0.25, 0.3) is 0 Å². The number of carbonyl (C=O) groups is 3. The summed E-state index contributed by atoms with van der Waals surface area (Å²) < 4.78 is 17.0. The second kappa shape index (κ2) is 17.3. The third-order valence-electron chi connectivity index (χ3n) is 7.06. The second-order valence-corrected chi connectivity index (χ2v) is 10.3. The van der Waals surface area contributed by atoms with Gasteiger partial charge in [-0.25, -0.2) is 0 Å². The highest BCUT2D eigenvalue weighted by atomic mass is 16.5. The predicted octanol–water partition coefficient (Wildman–Crippen LogP) is 7.69. The maximum Gasteiger partial charge on any atom is 0.305 e. The van der Waals surface area contributed by atoms with Crippen LogP contribution < -0.4 is 19.7 Å². The van der Waals surface area contributed by atoms with Crippen LogP contribution >= 0.6 is 0 Å². The van der Waals surface area contributed by atoms with E-state index < -0.39 is 0 Å². The fourth-order valence-corrected chi connectivity index (χ4v) is 4.75. The molecule has 0 aromatic heterocycles. The summed E-state index contributed by atoms with van der Waals surface area (Å²) >= 11 is 0. The molecule has 8 heteroatoms. The molecule has 234 valence electrons. The maximum atomic E-state index is 13.6. The molecule has 0 aliphatic carbocycles. The molecule has 0 bridgehead atoms. The zero-order chi connectivity index (χ0) is 31.9. The Morgan fingerprint density at radius 3 is 2.13 bits per heavy atom. The number of nitrogens with one attached hydrogen (secondary N) is 1. The molecule has 0 spiro atoms. The van der Waals surface area contributed by atoms with Crippen molar-refractivity contribution in [3.63, 3.8) is 0 Å². The first-order chi connectivity index (χ1) is 22.0. The fourth-order valence-electron chi connectivity index (χ4n) is 4.75. The van der Waals surface area contributed by atoms with E-state index in [4.69, 9.17) is 14.2 Å². The van der Waals surface area contributed by atoms with E-state index in [1.807, 2.05) is 67.6 Å². The summed E-state index contributed by atoms with van der Waals surface area (Å²) in [7, 11) is 0. The number of benzene rings is 4. The Hall–Kier alpha value is -5.11. The van der Waals surface area contributed by atoms with Gasteiger partial charge in [-0.3, -0.25) is 14.4 Å². The van der Waals surface area contributed by atoms with Crippen LogP contribution in [0.15, 0.2) is 103 Å². The highest BCUT2D eigenvalue weighted by Crippen LogP contribution is 2.30. The van der Waals surface area contributed by atoms with Gasteiger partial charge < -0.3 is 24.4 Å². The molecular formula is C37H40N2O6. The Morgan fingerprint density at radius 1 is 0.711 bits per heavy atom. The van der Waals surface area contributed by atoms with Crippen molar-refractivity contribution >= 4 is 29.2 Å². The quantitative estimate of drug-likeness (QED) is 0.104. The molecule has 0 saturated heterocycles. The molecule has 0 unspecified atom stereocenters. The molecule has 4 rings (SSSR count). The van der Waals surface area contributed by atoms with Crippen molar-refractivity contribution in [1.29, 1.82) is 0 Å². The Bertz CT molecular complexity index is 1540. The first kappa shape index (κ1) is 32.8. The van der Waals surface area contributed by atoms with Gasteiger partial charge in [0.25, 0.3) is 11.8 Å². The van der Waals surface area contributed by atoms with Crippen LogP contribution in [0.2, 0.25) is 0 Å². The number of esters is 1. The smallest absolute Gasteiger partial charge is 0.305 e. The summed E-state index contributed by atoms with van der Waals surface area (Å²) in [5, 5.41) is 2.91. The van der Waals surface area contributed by atoms with Gasteiger partial charge in [0.15, 0.2) is 0 Å². The standard InChI is InChI=1S/C37H40N2O6/c1-3-39(32-18-11-13-20-34(32)44-26-14-6-9-21-35(40)43-4-2)37(42)29-22-24-30(25-23-29)38-36(41)31-17-10-12-19-33(31)45-27-28-15-7-5-8-16-28/h5,7-8,10-13,15-20,22-25H,3-4,6,9,14,21,26-27H2,1-2H3,(H,38,41). The number of hydrogen-bond acceptors (Lipinski definition) is 6. The predicted molar refractivity (Wildman–Crippen MR) is 176 cm³/mol. The van der Waals surface area contributed by atoms with Gasteiger partial charge in [0, 0.05) is 24.2 Å². The minimum absolute atomic E-state index is 0.175. The van der Waals surface area contributed by atoms with Crippen LogP contribution in [0, 0.1) is 0 Å². The van der Waals surface area contributed by atoms with Gasteiger partial charge in [0.1, 0.15) is 18.1 Å². The topological polar surface area (TPSA) is 94.2 Å². The van der Waals surface area contributed by atoms with Crippen LogP contribution in [-0.4, -0.2) is 37.5 Å². The van der Waals surface area contributed by atoms with Gasteiger partial charge in [0.05, 0.1) is 24.5 Å². The van der Waals surface area contributed by atoms with Gasteiger partial charge >= 0.3 is 5.97 Å². The number of amides is 2. The number of unbranched alkanes of at least 4 members (excludes halogenated alkanes) is 2. The van der Waals surface area contributed by atoms with E-state index in [0.29, 0.717) is 66.8 Å². The van der Waals surface area contributed by atoms with E-state index in [1.54, 1.807) is 54.3 Å². The molecule has 0 aliphatic rings. The lowest BCUT2D eigenvalue weighted by molar-refractivity contribution is -0.143. The van der Waals surface area contributed by atoms with Crippen LogP contribution in [-0.2, 0) is 16.1 Å². The van der Waals surface area contributed by atoms with Crippen molar-refractivity contribution in [1.82, 2.24) is 0 Å². The molecule has 45 heavy (non-hydrogen) atoms. The van der Waals surface area contributed by atoms with Crippen LogP contribution in [0.4, 0.5) is 11.4 Å². The first-order valence-electron chi connectivity index (χ1n) is 15.4. The number of carbonyl (C=O) groups excluding carboxylic acids is 3. The van der Waals surface area contributed by atoms with Crippen molar-refractivity contribution in [2.75, 3.05) is 30.0 Å². The van der Waals surface area contributed by atoms with Crippen LogP contribution in [0.1, 0.15) is 65.8 Å². The molecule has 0 radical (unpaired) electrons. The average molecular weight is 609 g/mol. The van der Waals surface area contributed by atoms with Gasteiger partial charge in [0.2, 0.25) is 0 Å². The maximum absolute atomic E-state index is 13.6. The molecule has 0 aliphatic heterocycles. The molecule has 0 fully saturated rings. The number of anilines is 2. The lowest BCUT2D eigenvalue weighted by Gasteiger charge is -2.24. The number of nitrogens with zero attached hydrogens (tertiary/aromatic N) is 1. The largest absolute Gasteiger partial charge is 0.491 e. The minimum atomic E-state index is -0.306. The molecular weight excluding hydrogens is 568 g/mol. The van der Waals surface area contributed by atoms with Crippen molar-refractivity contribution in [2.24, 2.45) is 0 Å². The van der Waals surface area contributed by atoms with E-state index in [9.17, 15) is 14.4 Å². The minimum Gasteiger partial charge on any atom is -0.491 e. The molecule has 4 aromatic rings. The van der Waals surface area contributed by atoms with Crippen LogP contribution in [0.3, 0.4) is 0 Å². The summed E-state index contributed by atoms with van der Waals surface area (Å²) in [6, 6.07) is 31.2. The van der Waals surface area contributed by atoms with E-state index in [0.717, 1.165) is 24.8 Å². The molecule has 1 N–H and O–H groups in total. The highest BCUT2D eigenvalue weighted by molar-refractivity contribution is 6.08. The van der Waals surface area contributed by atoms with E-state index in [2.05, 4.69) is 5.32 Å². The molecule has 4 aromatic carbocycles. The molecule has 0 atom stereocenters. The first-order valence-corrected chi connectivity index (χ1v) is 15.4. The molecule has 2 amide bonds. The van der Waals surface area contributed by atoms with Crippen molar-refractivity contribution < 1.29 is 28.6 Å². The summed E-state index contributed by atoms with van der Waals surface area (Å²) in [5.41, 5.74) is 3.15. The van der Waals surface area contributed by atoms with E-state index in [1.165, 1.54) is 0 Å². The lowest BCUT2D eigenvalue weighted by Crippen LogP contribution is -2.31. The summed E-state index contributed by atoms with van der Waals surface area (Å²) in [6.45, 7) is 5.37. The fraction of sp³-hybridized carbons (Fsp3) is 0.270. The highest BCUT2D eigenvalue weighted by Gasteiger charge is 2.20. The molecule has 0 heterocycles. The van der Waals surface area contributed by atoms with E-state index in [-0.39, 0.29) is 17.8 Å². The summed E-state index contributed by atoms with van der Waals surface area (Å²) in [4.78, 5) is 39.9. The van der Waals surface area contributed by atoms with Gasteiger partial charge in [-0.2, -0.15) is 0 Å². The summed E-state index contributed by atoms with van der Waals surface area (Å²) in [6.07, 6.45) is 2.77. The van der Waals surface area contributed by atoms with Crippen molar-refractivity contribution in [2.45, 2.75) is 46.1 Å². The number of rotatable bonds is 16. The SMILES string of the molecule is CCOC(=O)CCCCCOc1ccccc1N(CC)C(=O)c1ccc(NC(=O)c2ccccc2OCc2ccccc2)cc1. The van der Waals surface area contributed by atoms with E-state index >= 15 is 0 Å². The molecule has 0 saturated carbocycles. The van der Waals surface area contributed by atoms with Gasteiger partial charge in [-0.15, -0.1) is 0 Å². The lowest BCUT2D eigenvalue weighted by atomic mass is 10.1. The number of para-hydroxylation sites is 3. The van der Waals surface area contributed by atoms with Crippen molar-refractivity contribution in [3.05, 3.63) is 120 Å². The Morgan fingerprint density at radius 2 is 1.40 bits per heavy atom. The Balaban J connectivity index is 1.35. The van der Waals surface area contributed by atoms with Gasteiger partial charge in [-0.1, -0.05) is 54.6 Å². The third-order valence-corrected chi connectivity index (χ3v) is 7.06. The second-order valence-electron chi connectivity index (χ2n) is 10.3.